The van der Waals surface area contributed by atoms with Gasteiger partial charge in [0.25, 0.3) is 0 Å². The topological polar surface area (TPSA) is 41.1 Å². The van der Waals surface area contributed by atoms with E-state index in [9.17, 15) is 4.79 Å². The first-order chi connectivity index (χ1) is 6.14. The minimum atomic E-state index is -0.0713. The van der Waals surface area contributed by atoms with Crippen molar-refractivity contribution < 1.29 is 4.79 Å². The number of hydrogen-bond acceptors (Lipinski definition) is 2. The molecule has 0 radical (unpaired) electrons. The van der Waals surface area contributed by atoms with Crippen LogP contribution in [0.1, 0.15) is 33.1 Å². The van der Waals surface area contributed by atoms with E-state index in [1.54, 1.807) is 0 Å². The summed E-state index contributed by atoms with van der Waals surface area (Å²) in [5.41, 5.74) is -0.0713. The monoisotopic (exact) mass is 184 g/mol. The highest BCUT2D eigenvalue weighted by Gasteiger charge is 2.49. The van der Waals surface area contributed by atoms with Gasteiger partial charge in [0.05, 0.1) is 5.41 Å². The fourth-order valence-corrected chi connectivity index (χ4v) is 1.45. The summed E-state index contributed by atoms with van der Waals surface area (Å²) in [7, 11) is 1.90. The highest BCUT2D eigenvalue weighted by molar-refractivity contribution is 5.85. The normalized spacial score (nSPS) is 20.8. The second-order valence-corrected chi connectivity index (χ2v) is 4.09. The van der Waals surface area contributed by atoms with Crippen molar-refractivity contribution in [3.05, 3.63) is 0 Å². The molecule has 1 amide bonds. The van der Waals surface area contributed by atoms with Gasteiger partial charge in [-0.15, -0.1) is 0 Å². The van der Waals surface area contributed by atoms with Gasteiger partial charge >= 0.3 is 0 Å². The molecule has 1 saturated carbocycles. The lowest BCUT2D eigenvalue weighted by atomic mass is 10.1. The van der Waals surface area contributed by atoms with E-state index in [1.807, 2.05) is 14.0 Å². The van der Waals surface area contributed by atoms with Crippen molar-refractivity contribution in [1.29, 1.82) is 0 Å². The van der Waals surface area contributed by atoms with Gasteiger partial charge in [0.15, 0.2) is 0 Å². The van der Waals surface area contributed by atoms with E-state index in [2.05, 4.69) is 17.6 Å². The van der Waals surface area contributed by atoms with E-state index in [0.29, 0.717) is 6.04 Å². The summed E-state index contributed by atoms with van der Waals surface area (Å²) < 4.78 is 0. The van der Waals surface area contributed by atoms with Crippen LogP contribution in [-0.2, 0) is 4.79 Å². The molecule has 0 saturated heterocycles. The number of rotatable bonds is 5. The summed E-state index contributed by atoms with van der Waals surface area (Å²) >= 11 is 0. The second-order valence-electron chi connectivity index (χ2n) is 4.09. The van der Waals surface area contributed by atoms with Crippen LogP contribution in [0.25, 0.3) is 0 Å². The molecule has 0 spiro atoms. The minimum absolute atomic E-state index is 0.0713. The van der Waals surface area contributed by atoms with Gasteiger partial charge in [-0.2, -0.15) is 0 Å². The molecule has 13 heavy (non-hydrogen) atoms. The van der Waals surface area contributed by atoms with Crippen LogP contribution in [0.2, 0.25) is 0 Å². The Bertz CT molecular complexity index is 187. The van der Waals surface area contributed by atoms with Crippen LogP contribution in [0.4, 0.5) is 0 Å². The van der Waals surface area contributed by atoms with Crippen LogP contribution in [0.5, 0.6) is 0 Å². The first-order valence-electron chi connectivity index (χ1n) is 5.10. The van der Waals surface area contributed by atoms with Crippen LogP contribution in [0.3, 0.4) is 0 Å². The Morgan fingerprint density at radius 2 is 2.15 bits per heavy atom. The first-order valence-corrected chi connectivity index (χ1v) is 5.10. The van der Waals surface area contributed by atoms with Crippen molar-refractivity contribution in [2.24, 2.45) is 5.41 Å². The molecule has 0 aromatic heterocycles. The summed E-state index contributed by atoms with van der Waals surface area (Å²) in [5.74, 6) is 0.233. The standard InChI is InChI=1S/C10H20N2O/c1-4-8(2)12-9(13)10(5-6-10)7-11-3/h8,11H,4-7H2,1-3H3,(H,12,13). The van der Waals surface area contributed by atoms with Crippen LogP contribution in [0, 0.1) is 5.41 Å². The van der Waals surface area contributed by atoms with Crippen LogP contribution >= 0.6 is 0 Å². The van der Waals surface area contributed by atoms with Gasteiger partial charge in [-0.1, -0.05) is 6.92 Å². The molecule has 1 rings (SSSR count). The van der Waals surface area contributed by atoms with Crippen LogP contribution in [0.15, 0.2) is 0 Å². The summed E-state index contributed by atoms with van der Waals surface area (Å²) in [6.45, 7) is 4.95. The lowest BCUT2D eigenvalue weighted by Gasteiger charge is -2.18. The van der Waals surface area contributed by atoms with Crippen LogP contribution in [-0.4, -0.2) is 25.5 Å². The van der Waals surface area contributed by atoms with Gasteiger partial charge in [-0.3, -0.25) is 4.79 Å². The number of amides is 1. The largest absolute Gasteiger partial charge is 0.353 e. The summed E-state index contributed by atoms with van der Waals surface area (Å²) in [6, 6.07) is 0.307. The Morgan fingerprint density at radius 1 is 1.54 bits per heavy atom. The Balaban J connectivity index is 2.38. The van der Waals surface area contributed by atoms with E-state index in [1.165, 1.54) is 0 Å². The quantitative estimate of drug-likeness (QED) is 0.666. The molecule has 0 aliphatic heterocycles. The maximum atomic E-state index is 11.7. The third-order valence-corrected chi connectivity index (χ3v) is 2.84. The zero-order valence-electron chi connectivity index (χ0n) is 8.81. The highest BCUT2D eigenvalue weighted by atomic mass is 16.2. The molecule has 3 heteroatoms. The number of nitrogens with one attached hydrogen (secondary N) is 2. The average Bonchev–Trinajstić information content (AvgIpc) is 2.86. The summed E-state index contributed by atoms with van der Waals surface area (Å²) in [6.07, 6.45) is 3.08. The third kappa shape index (κ3) is 2.44. The lowest BCUT2D eigenvalue weighted by molar-refractivity contribution is -0.126. The van der Waals surface area contributed by atoms with Gasteiger partial charge in [0, 0.05) is 12.6 Å². The molecule has 0 aromatic carbocycles. The second kappa shape index (κ2) is 4.09. The maximum absolute atomic E-state index is 11.7. The molecule has 0 aromatic rings. The maximum Gasteiger partial charge on any atom is 0.227 e. The Kier molecular flexibility index (Phi) is 3.31. The van der Waals surface area contributed by atoms with Gasteiger partial charge in [0.1, 0.15) is 0 Å². The SMILES string of the molecule is CCC(C)NC(=O)C1(CNC)CC1. The van der Waals surface area contributed by atoms with Crippen molar-refractivity contribution in [3.8, 4) is 0 Å². The van der Waals surface area contributed by atoms with Crippen molar-refractivity contribution in [2.75, 3.05) is 13.6 Å². The molecule has 3 nitrogen and oxygen atoms in total. The highest BCUT2D eigenvalue weighted by Crippen LogP contribution is 2.45. The molecule has 76 valence electrons. The van der Waals surface area contributed by atoms with Crippen molar-refractivity contribution >= 4 is 5.91 Å². The van der Waals surface area contributed by atoms with Gasteiger partial charge in [-0.25, -0.2) is 0 Å². The van der Waals surface area contributed by atoms with Gasteiger partial charge in [-0.05, 0) is 33.2 Å². The van der Waals surface area contributed by atoms with Gasteiger partial charge in [0.2, 0.25) is 5.91 Å². The predicted molar refractivity (Wildman–Crippen MR) is 53.5 cm³/mol. The molecular weight excluding hydrogens is 164 g/mol. The summed E-state index contributed by atoms with van der Waals surface area (Å²) in [4.78, 5) is 11.7. The smallest absolute Gasteiger partial charge is 0.227 e. The molecule has 1 atom stereocenters. The fourth-order valence-electron chi connectivity index (χ4n) is 1.45. The molecule has 1 fully saturated rings. The van der Waals surface area contributed by atoms with Crippen LogP contribution < -0.4 is 10.6 Å². The number of carbonyl (C=O) groups is 1. The number of carbonyl (C=O) groups excluding carboxylic acids is 1. The van der Waals surface area contributed by atoms with E-state index in [-0.39, 0.29) is 11.3 Å². The fraction of sp³-hybridized carbons (Fsp3) is 0.900. The molecular formula is C10H20N2O. The Labute approximate surface area is 80.3 Å². The molecule has 1 aliphatic rings. The zero-order valence-corrected chi connectivity index (χ0v) is 8.81. The van der Waals surface area contributed by atoms with Crippen molar-refractivity contribution in [2.45, 2.75) is 39.2 Å². The first kappa shape index (κ1) is 10.5. The van der Waals surface area contributed by atoms with Crippen molar-refractivity contribution in [3.63, 3.8) is 0 Å². The Morgan fingerprint density at radius 3 is 2.54 bits per heavy atom. The third-order valence-electron chi connectivity index (χ3n) is 2.84. The van der Waals surface area contributed by atoms with E-state index in [4.69, 9.17) is 0 Å². The molecule has 0 heterocycles. The molecule has 0 bridgehead atoms. The Hall–Kier alpha value is -0.570. The molecule has 2 N–H and O–H groups in total. The van der Waals surface area contributed by atoms with E-state index in [0.717, 1.165) is 25.8 Å². The zero-order chi connectivity index (χ0) is 9.90. The average molecular weight is 184 g/mol. The van der Waals surface area contributed by atoms with E-state index < -0.39 is 0 Å². The predicted octanol–water partition coefficient (Wildman–Crippen LogP) is 0.901. The van der Waals surface area contributed by atoms with Crippen molar-refractivity contribution in [1.82, 2.24) is 10.6 Å². The summed E-state index contributed by atoms with van der Waals surface area (Å²) in [5, 5.41) is 6.12. The minimum Gasteiger partial charge on any atom is -0.353 e. The van der Waals surface area contributed by atoms with E-state index >= 15 is 0 Å². The molecule has 1 aliphatic carbocycles. The van der Waals surface area contributed by atoms with Gasteiger partial charge < -0.3 is 10.6 Å². The lowest BCUT2D eigenvalue weighted by Crippen LogP contribution is -2.41. The molecule has 1 unspecified atom stereocenters. The number of hydrogen-bond donors (Lipinski definition) is 2.